The van der Waals surface area contributed by atoms with Gasteiger partial charge in [0, 0.05) is 11.6 Å². The number of methoxy groups -OCH3 is 3. The number of ether oxygens (including phenoxy) is 3. The van der Waals surface area contributed by atoms with E-state index in [0.29, 0.717) is 23.5 Å². The minimum atomic E-state index is -1.39. The molecule has 5 heteroatoms. The van der Waals surface area contributed by atoms with Gasteiger partial charge in [0.2, 0.25) is 0 Å². The van der Waals surface area contributed by atoms with Crippen LogP contribution in [0.3, 0.4) is 0 Å². The van der Waals surface area contributed by atoms with Crippen LogP contribution in [0, 0.1) is 5.92 Å². The molecule has 0 aliphatic rings. The highest BCUT2D eigenvalue weighted by Gasteiger charge is 2.40. The Morgan fingerprint density at radius 3 is 2.40 bits per heavy atom. The lowest BCUT2D eigenvalue weighted by Crippen LogP contribution is -2.37. The van der Waals surface area contributed by atoms with Gasteiger partial charge in [0.1, 0.15) is 17.1 Å². The van der Waals surface area contributed by atoms with Crippen molar-refractivity contribution in [3.05, 3.63) is 23.8 Å². The summed E-state index contributed by atoms with van der Waals surface area (Å²) in [5, 5.41) is 10.8. The van der Waals surface area contributed by atoms with Crippen molar-refractivity contribution in [2.45, 2.75) is 25.9 Å². The summed E-state index contributed by atoms with van der Waals surface area (Å²) < 4.78 is 15.2. The molecule has 0 aliphatic carbocycles. The van der Waals surface area contributed by atoms with Crippen LogP contribution in [0.2, 0.25) is 0 Å². The SMILES string of the molecule is CCC(C(=O)OC)C(C)(O)c1ccc(OC)cc1OC. The summed E-state index contributed by atoms with van der Waals surface area (Å²) in [6.45, 7) is 3.41. The van der Waals surface area contributed by atoms with Crippen molar-refractivity contribution in [1.29, 1.82) is 0 Å². The molecule has 0 amide bonds. The number of aliphatic hydroxyl groups is 1. The van der Waals surface area contributed by atoms with E-state index in [2.05, 4.69) is 0 Å². The molecule has 112 valence electrons. The molecule has 1 rings (SSSR count). The van der Waals surface area contributed by atoms with E-state index in [9.17, 15) is 9.90 Å². The van der Waals surface area contributed by atoms with Gasteiger partial charge in [-0.15, -0.1) is 0 Å². The molecule has 1 aromatic carbocycles. The fraction of sp³-hybridized carbons (Fsp3) is 0.533. The van der Waals surface area contributed by atoms with E-state index >= 15 is 0 Å². The summed E-state index contributed by atoms with van der Waals surface area (Å²) in [7, 11) is 4.37. The zero-order chi connectivity index (χ0) is 15.3. The van der Waals surface area contributed by atoms with E-state index in [1.807, 2.05) is 6.92 Å². The molecule has 0 saturated carbocycles. The van der Waals surface area contributed by atoms with Crippen LogP contribution in [0.4, 0.5) is 0 Å². The Morgan fingerprint density at radius 1 is 1.30 bits per heavy atom. The summed E-state index contributed by atoms with van der Waals surface area (Å²) in [6, 6.07) is 5.09. The third kappa shape index (κ3) is 3.04. The molecule has 5 nitrogen and oxygen atoms in total. The molecular formula is C15H22O5. The van der Waals surface area contributed by atoms with Gasteiger partial charge in [-0.2, -0.15) is 0 Å². The largest absolute Gasteiger partial charge is 0.497 e. The zero-order valence-corrected chi connectivity index (χ0v) is 12.6. The molecule has 0 aromatic heterocycles. The Morgan fingerprint density at radius 2 is 1.95 bits per heavy atom. The normalized spacial score (nSPS) is 15.1. The third-order valence-corrected chi connectivity index (χ3v) is 3.53. The van der Waals surface area contributed by atoms with E-state index in [0.717, 1.165) is 0 Å². The molecule has 0 spiro atoms. The van der Waals surface area contributed by atoms with E-state index in [1.165, 1.54) is 14.2 Å². The highest BCUT2D eigenvalue weighted by molar-refractivity contribution is 5.74. The second kappa shape index (κ2) is 6.61. The maximum atomic E-state index is 11.8. The predicted molar refractivity (Wildman–Crippen MR) is 74.9 cm³/mol. The van der Waals surface area contributed by atoms with Gasteiger partial charge in [0.05, 0.1) is 27.2 Å². The highest BCUT2D eigenvalue weighted by atomic mass is 16.5. The topological polar surface area (TPSA) is 65.0 Å². The molecule has 0 fully saturated rings. The second-order valence-electron chi connectivity index (χ2n) is 4.70. The average Bonchev–Trinajstić information content (AvgIpc) is 2.46. The Labute approximate surface area is 119 Å². The number of hydrogen-bond donors (Lipinski definition) is 1. The maximum absolute atomic E-state index is 11.8. The van der Waals surface area contributed by atoms with Crippen LogP contribution in [0.15, 0.2) is 18.2 Å². The van der Waals surface area contributed by atoms with Crippen LogP contribution in [0.5, 0.6) is 11.5 Å². The van der Waals surface area contributed by atoms with E-state index in [4.69, 9.17) is 14.2 Å². The van der Waals surface area contributed by atoms with Gasteiger partial charge < -0.3 is 19.3 Å². The summed E-state index contributed by atoms with van der Waals surface area (Å²) in [6.07, 6.45) is 0.453. The molecule has 0 aliphatic heterocycles. The first-order valence-corrected chi connectivity index (χ1v) is 6.45. The van der Waals surface area contributed by atoms with Crippen molar-refractivity contribution in [3.8, 4) is 11.5 Å². The quantitative estimate of drug-likeness (QED) is 0.810. The zero-order valence-electron chi connectivity index (χ0n) is 12.6. The van der Waals surface area contributed by atoms with Crippen LogP contribution in [0.25, 0.3) is 0 Å². The van der Waals surface area contributed by atoms with Gasteiger partial charge in [0.15, 0.2) is 0 Å². The van der Waals surface area contributed by atoms with Crippen LogP contribution in [-0.4, -0.2) is 32.4 Å². The molecule has 2 unspecified atom stereocenters. The van der Waals surface area contributed by atoms with Crippen molar-refractivity contribution in [2.75, 3.05) is 21.3 Å². The fourth-order valence-electron chi connectivity index (χ4n) is 2.34. The van der Waals surface area contributed by atoms with Crippen LogP contribution in [0.1, 0.15) is 25.8 Å². The van der Waals surface area contributed by atoms with E-state index < -0.39 is 17.5 Å². The Bertz CT molecular complexity index is 467. The number of carbonyl (C=O) groups is 1. The minimum absolute atomic E-state index is 0.449. The van der Waals surface area contributed by atoms with Gasteiger partial charge in [0.25, 0.3) is 0 Å². The summed E-state index contributed by atoms with van der Waals surface area (Å²) in [5.41, 5.74) is -0.863. The van der Waals surface area contributed by atoms with Gasteiger partial charge in [-0.1, -0.05) is 6.92 Å². The molecule has 2 atom stereocenters. The summed E-state index contributed by atoms with van der Waals surface area (Å²) in [5.74, 6) is -0.0330. The average molecular weight is 282 g/mol. The highest BCUT2D eigenvalue weighted by Crippen LogP contribution is 2.39. The monoisotopic (exact) mass is 282 g/mol. The van der Waals surface area contributed by atoms with E-state index in [-0.39, 0.29) is 0 Å². The maximum Gasteiger partial charge on any atom is 0.311 e. The van der Waals surface area contributed by atoms with Gasteiger partial charge >= 0.3 is 5.97 Å². The van der Waals surface area contributed by atoms with Gasteiger partial charge in [-0.25, -0.2) is 0 Å². The number of hydrogen-bond acceptors (Lipinski definition) is 5. The molecule has 1 aromatic rings. The number of rotatable bonds is 6. The molecule has 0 heterocycles. The van der Waals surface area contributed by atoms with Crippen molar-refractivity contribution in [2.24, 2.45) is 5.92 Å². The minimum Gasteiger partial charge on any atom is -0.497 e. The van der Waals surface area contributed by atoms with Crippen molar-refractivity contribution in [3.63, 3.8) is 0 Å². The van der Waals surface area contributed by atoms with Gasteiger partial charge in [-0.05, 0) is 25.5 Å². The molecule has 0 radical (unpaired) electrons. The molecule has 1 N–H and O–H groups in total. The lowest BCUT2D eigenvalue weighted by Gasteiger charge is -2.32. The van der Waals surface area contributed by atoms with Gasteiger partial charge in [-0.3, -0.25) is 4.79 Å². The van der Waals surface area contributed by atoms with Crippen LogP contribution >= 0.6 is 0 Å². The van der Waals surface area contributed by atoms with Crippen LogP contribution < -0.4 is 9.47 Å². The number of benzene rings is 1. The van der Waals surface area contributed by atoms with Crippen molar-refractivity contribution < 1.29 is 24.1 Å². The second-order valence-corrected chi connectivity index (χ2v) is 4.70. The molecule has 0 saturated heterocycles. The van der Waals surface area contributed by atoms with Crippen molar-refractivity contribution >= 4 is 5.97 Å². The molecule has 20 heavy (non-hydrogen) atoms. The smallest absolute Gasteiger partial charge is 0.311 e. The standard InChI is InChI=1S/C15H22O5/c1-6-11(14(16)20-5)15(2,17)12-8-7-10(18-3)9-13(12)19-4/h7-9,11,17H,6H2,1-5H3. The first kappa shape index (κ1) is 16.3. The Balaban J connectivity index is 3.29. The Hall–Kier alpha value is -1.75. The lowest BCUT2D eigenvalue weighted by atomic mass is 9.80. The molecular weight excluding hydrogens is 260 g/mol. The third-order valence-electron chi connectivity index (χ3n) is 3.53. The van der Waals surface area contributed by atoms with Crippen molar-refractivity contribution in [1.82, 2.24) is 0 Å². The lowest BCUT2D eigenvalue weighted by molar-refractivity contribution is -0.155. The fourth-order valence-corrected chi connectivity index (χ4v) is 2.34. The summed E-state index contributed by atoms with van der Waals surface area (Å²) >= 11 is 0. The van der Waals surface area contributed by atoms with Crippen LogP contribution in [-0.2, 0) is 15.1 Å². The van der Waals surface area contributed by atoms with E-state index in [1.54, 1.807) is 32.2 Å². The first-order valence-electron chi connectivity index (χ1n) is 6.45. The molecule has 0 bridgehead atoms. The number of carbonyl (C=O) groups excluding carboxylic acids is 1. The first-order chi connectivity index (χ1) is 9.42. The Kier molecular flexibility index (Phi) is 5.39. The number of esters is 1. The predicted octanol–water partition coefficient (Wildman–Crippen LogP) is 2.11. The summed E-state index contributed by atoms with van der Waals surface area (Å²) in [4.78, 5) is 11.8.